The highest BCUT2D eigenvalue weighted by Crippen LogP contribution is 2.32. The standard InChI is InChI=1S/C16H25BrClN/c1-4-9-19-16(10-12(5-2)6-3)14-11-13(18)7-8-15(14)17/h7-8,11-12,16,19H,4-6,9-10H2,1-3H3. The first-order valence-electron chi connectivity index (χ1n) is 7.30. The summed E-state index contributed by atoms with van der Waals surface area (Å²) in [6.45, 7) is 7.80. The van der Waals surface area contributed by atoms with Gasteiger partial charge in [-0.1, -0.05) is 61.1 Å². The van der Waals surface area contributed by atoms with Gasteiger partial charge in [0, 0.05) is 15.5 Å². The fourth-order valence-electron chi connectivity index (χ4n) is 2.38. The van der Waals surface area contributed by atoms with Gasteiger partial charge in [-0.3, -0.25) is 0 Å². The summed E-state index contributed by atoms with van der Waals surface area (Å²) < 4.78 is 1.15. The minimum atomic E-state index is 0.387. The van der Waals surface area contributed by atoms with Crippen molar-refractivity contribution < 1.29 is 0 Å². The molecule has 1 aromatic carbocycles. The van der Waals surface area contributed by atoms with Crippen molar-refractivity contribution in [3.8, 4) is 0 Å². The molecule has 1 nitrogen and oxygen atoms in total. The van der Waals surface area contributed by atoms with Gasteiger partial charge < -0.3 is 5.32 Å². The van der Waals surface area contributed by atoms with Gasteiger partial charge in [-0.25, -0.2) is 0 Å². The molecule has 0 aromatic heterocycles. The summed E-state index contributed by atoms with van der Waals surface area (Å²) in [6.07, 6.45) is 4.79. The molecular formula is C16H25BrClN. The fraction of sp³-hybridized carbons (Fsp3) is 0.625. The molecule has 0 aliphatic heterocycles. The first-order chi connectivity index (χ1) is 9.12. The largest absolute Gasteiger partial charge is 0.310 e. The van der Waals surface area contributed by atoms with Crippen LogP contribution in [0.3, 0.4) is 0 Å². The zero-order valence-electron chi connectivity index (χ0n) is 12.2. The van der Waals surface area contributed by atoms with Crippen LogP contribution < -0.4 is 5.32 Å². The molecule has 1 atom stereocenters. The second kappa shape index (κ2) is 8.99. The van der Waals surface area contributed by atoms with E-state index in [4.69, 9.17) is 11.6 Å². The molecule has 1 rings (SSSR count). The SMILES string of the molecule is CCCNC(CC(CC)CC)c1cc(Cl)ccc1Br. The van der Waals surface area contributed by atoms with E-state index in [0.717, 1.165) is 28.4 Å². The predicted octanol–water partition coefficient (Wildman–Crippen LogP) is 5.97. The van der Waals surface area contributed by atoms with Crippen molar-refractivity contribution in [3.63, 3.8) is 0 Å². The monoisotopic (exact) mass is 345 g/mol. The van der Waals surface area contributed by atoms with Gasteiger partial charge in [0.15, 0.2) is 0 Å². The highest BCUT2D eigenvalue weighted by atomic mass is 79.9. The van der Waals surface area contributed by atoms with Crippen LogP contribution in [-0.4, -0.2) is 6.54 Å². The van der Waals surface area contributed by atoms with Crippen LogP contribution in [0.2, 0.25) is 5.02 Å². The minimum absolute atomic E-state index is 0.387. The molecule has 1 aromatic rings. The second-order valence-corrected chi connectivity index (χ2v) is 6.38. The Hall–Kier alpha value is -0.0500. The van der Waals surface area contributed by atoms with Gasteiger partial charge in [0.25, 0.3) is 0 Å². The Morgan fingerprint density at radius 3 is 2.47 bits per heavy atom. The van der Waals surface area contributed by atoms with E-state index in [9.17, 15) is 0 Å². The normalized spacial score (nSPS) is 12.9. The number of nitrogens with one attached hydrogen (secondary N) is 1. The lowest BCUT2D eigenvalue weighted by Crippen LogP contribution is -2.24. The molecule has 108 valence electrons. The van der Waals surface area contributed by atoms with Gasteiger partial charge in [-0.2, -0.15) is 0 Å². The van der Waals surface area contributed by atoms with Crippen LogP contribution in [0.4, 0.5) is 0 Å². The van der Waals surface area contributed by atoms with Crippen LogP contribution in [0, 0.1) is 5.92 Å². The van der Waals surface area contributed by atoms with Gasteiger partial charge in [-0.15, -0.1) is 0 Å². The van der Waals surface area contributed by atoms with E-state index in [1.54, 1.807) is 0 Å². The number of hydrogen-bond acceptors (Lipinski definition) is 1. The molecule has 0 saturated heterocycles. The van der Waals surface area contributed by atoms with E-state index in [1.165, 1.54) is 24.8 Å². The Balaban J connectivity index is 2.91. The molecule has 0 radical (unpaired) electrons. The molecule has 0 aliphatic rings. The van der Waals surface area contributed by atoms with E-state index in [1.807, 2.05) is 12.1 Å². The quantitative estimate of drug-likeness (QED) is 0.611. The minimum Gasteiger partial charge on any atom is -0.310 e. The summed E-state index contributed by atoms with van der Waals surface area (Å²) in [5.41, 5.74) is 1.29. The van der Waals surface area contributed by atoms with E-state index >= 15 is 0 Å². The van der Waals surface area contributed by atoms with Gasteiger partial charge in [-0.05, 0) is 49.1 Å². The van der Waals surface area contributed by atoms with Crippen LogP contribution in [0.1, 0.15) is 58.1 Å². The number of hydrogen-bond donors (Lipinski definition) is 1. The van der Waals surface area contributed by atoms with Crippen molar-refractivity contribution in [1.29, 1.82) is 0 Å². The highest BCUT2D eigenvalue weighted by molar-refractivity contribution is 9.10. The number of rotatable bonds is 8. The smallest absolute Gasteiger partial charge is 0.0410 e. The van der Waals surface area contributed by atoms with Crippen molar-refractivity contribution in [2.75, 3.05) is 6.54 Å². The lowest BCUT2D eigenvalue weighted by Gasteiger charge is -2.24. The summed E-state index contributed by atoms with van der Waals surface area (Å²) in [6, 6.07) is 6.45. The highest BCUT2D eigenvalue weighted by Gasteiger charge is 2.18. The van der Waals surface area contributed by atoms with Gasteiger partial charge in [0.1, 0.15) is 0 Å². The fourth-order valence-corrected chi connectivity index (χ4v) is 3.08. The molecule has 0 saturated carbocycles. The molecule has 19 heavy (non-hydrogen) atoms. The molecule has 0 bridgehead atoms. The topological polar surface area (TPSA) is 12.0 Å². The van der Waals surface area contributed by atoms with Crippen LogP contribution in [0.5, 0.6) is 0 Å². The molecular weight excluding hydrogens is 322 g/mol. The lowest BCUT2D eigenvalue weighted by molar-refractivity contribution is 0.370. The Kier molecular flexibility index (Phi) is 8.05. The maximum absolute atomic E-state index is 6.15. The zero-order chi connectivity index (χ0) is 14.3. The van der Waals surface area contributed by atoms with Crippen LogP contribution in [0.15, 0.2) is 22.7 Å². The molecule has 0 spiro atoms. The first-order valence-corrected chi connectivity index (χ1v) is 8.47. The molecule has 0 fully saturated rings. The van der Waals surface area contributed by atoms with Crippen molar-refractivity contribution in [3.05, 3.63) is 33.3 Å². The average Bonchev–Trinajstić information content (AvgIpc) is 2.42. The molecule has 1 N–H and O–H groups in total. The zero-order valence-corrected chi connectivity index (χ0v) is 14.5. The Labute approximate surface area is 131 Å². The van der Waals surface area contributed by atoms with Crippen molar-refractivity contribution in [2.45, 2.75) is 52.5 Å². The molecule has 1 unspecified atom stereocenters. The summed E-state index contributed by atoms with van der Waals surface area (Å²) in [7, 11) is 0. The summed E-state index contributed by atoms with van der Waals surface area (Å²) >= 11 is 9.81. The third-order valence-electron chi connectivity index (χ3n) is 3.70. The summed E-state index contributed by atoms with van der Waals surface area (Å²) in [5.74, 6) is 0.764. The Morgan fingerprint density at radius 1 is 1.21 bits per heavy atom. The maximum atomic E-state index is 6.15. The van der Waals surface area contributed by atoms with E-state index in [0.29, 0.717) is 6.04 Å². The molecule has 0 aliphatic carbocycles. The molecule has 3 heteroatoms. The molecule has 0 heterocycles. The third-order valence-corrected chi connectivity index (χ3v) is 4.66. The van der Waals surface area contributed by atoms with Crippen LogP contribution in [-0.2, 0) is 0 Å². The van der Waals surface area contributed by atoms with E-state index < -0.39 is 0 Å². The maximum Gasteiger partial charge on any atom is 0.0410 e. The predicted molar refractivity (Wildman–Crippen MR) is 88.9 cm³/mol. The van der Waals surface area contributed by atoms with E-state index in [2.05, 4.69) is 48.1 Å². The van der Waals surface area contributed by atoms with E-state index in [-0.39, 0.29) is 0 Å². The van der Waals surface area contributed by atoms with Gasteiger partial charge in [0.05, 0.1) is 0 Å². The van der Waals surface area contributed by atoms with Gasteiger partial charge >= 0.3 is 0 Å². The molecule has 0 amide bonds. The first kappa shape index (κ1) is 17.0. The van der Waals surface area contributed by atoms with Gasteiger partial charge in [0.2, 0.25) is 0 Å². The van der Waals surface area contributed by atoms with Crippen molar-refractivity contribution in [2.24, 2.45) is 5.92 Å². The summed E-state index contributed by atoms with van der Waals surface area (Å²) in [5, 5.41) is 4.48. The van der Waals surface area contributed by atoms with Crippen LogP contribution >= 0.6 is 27.5 Å². The van der Waals surface area contributed by atoms with Crippen LogP contribution in [0.25, 0.3) is 0 Å². The Morgan fingerprint density at radius 2 is 1.89 bits per heavy atom. The number of halogens is 2. The second-order valence-electron chi connectivity index (χ2n) is 5.09. The summed E-state index contributed by atoms with van der Waals surface area (Å²) in [4.78, 5) is 0. The number of benzene rings is 1. The average molecular weight is 347 g/mol. The van der Waals surface area contributed by atoms with Crippen molar-refractivity contribution in [1.82, 2.24) is 5.32 Å². The third kappa shape index (κ3) is 5.45. The van der Waals surface area contributed by atoms with Crippen molar-refractivity contribution >= 4 is 27.5 Å². The lowest BCUT2D eigenvalue weighted by atomic mass is 9.91. The Bertz CT molecular complexity index is 377.